The maximum atomic E-state index is 12.6. The fraction of sp³-hybridized carbons (Fsp3) is 0.474. The molecule has 2 heterocycles. The van der Waals surface area contributed by atoms with Gasteiger partial charge in [0.15, 0.2) is 0 Å². The standard InChI is InChI=1S/C19H24N4O2/c1-20-19(25)17-11-13-10-14(2-5-16(13)22-17)21-18(24)12-6-8-23(9-7-12)15-3-4-15/h2,5,10-12,15,22H,3-4,6-9H2,1H3,(H,20,25)(H,21,24). The topological polar surface area (TPSA) is 77.2 Å². The van der Waals surface area contributed by atoms with Crippen molar-refractivity contribution in [3.05, 3.63) is 30.0 Å². The predicted molar refractivity (Wildman–Crippen MR) is 97.6 cm³/mol. The average Bonchev–Trinajstić information content (AvgIpc) is 3.40. The van der Waals surface area contributed by atoms with Gasteiger partial charge in [0.1, 0.15) is 5.69 Å². The lowest BCUT2D eigenvalue weighted by Crippen LogP contribution is -2.39. The van der Waals surface area contributed by atoms with Gasteiger partial charge in [-0.2, -0.15) is 0 Å². The summed E-state index contributed by atoms with van der Waals surface area (Å²) in [6.45, 7) is 2.07. The highest BCUT2D eigenvalue weighted by Gasteiger charge is 2.33. The van der Waals surface area contributed by atoms with Crippen molar-refractivity contribution in [2.75, 3.05) is 25.5 Å². The smallest absolute Gasteiger partial charge is 0.267 e. The van der Waals surface area contributed by atoms with Crippen LogP contribution in [0.4, 0.5) is 5.69 Å². The zero-order valence-electron chi connectivity index (χ0n) is 14.5. The van der Waals surface area contributed by atoms with Crippen molar-refractivity contribution in [1.29, 1.82) is 0 Å². The van der Waals surface area contributed by atoms with Gasteiger partial charge in [-0.3, -0.25) is 9.59 Å². The molecular formula is C19H24N4O2. The van der Waals surface area contributed by atoms with E-state index in [2.05, 4.69) is 20.5 Å². The van der Waals surface area contributed by atoms with Gasteiger partial charge in [0.25, 0.3) is 5.91 Å². The number of carbonyl (C=O) groups excluding carboxylic acids is 2. The number of H-pyrrole nitrogens is 1. The number of rotatable bonds is 4. The zero-order valence-corrected chi connectivity index (χ0v) is 14.5. The maximum absolute atomic E-state index is 12.6. The van der Waals surface area contributed by atoms with E-state index in [1.807, 2.05) is 18.2 Å². The molecule has 1 saturated carbocycles. The summed E-state index contributed by atoms with van der Waals surface area (Å²) < 4.78 is 0. The molecule has 2 amide bonds. The summed E-state index contributed by atoms with van der Waals surface area (Å²) in [4.78, 5) is 29.9. The lowest BCUT2D eigenvalue weighted by Gasteiger charge is -2.31. The number of anilines is 1. The molecule has 3 N–H and O–H groups in total. The Morgan fingerprint density at radius 2 is 1.88 bits per heavy atom. The van der Waals surface area contributed by atoms with Crippen molar-refractivity contribution in [1.82, 2.24) is 15.2 Å². The minimum absolute atomic E-state index is 0.0957. The lowest BCUT2D eigenvalue weighted by molar-refractivity contribution is -0.121. The number of nitrogens with zero attached hydrogens (tertiary/aromatic N) is 1. The Labute approximate surface area is 147 Å². The van der Waals surface area contributed by atoms with Gasteiger partial charge in [-0.05, 0) is 63.0 Å². The van der Waals surface area contributed by atoms with Crippen molar-refractivity contribution in [2.24, 2.45) is 5.92 Å². The van der Waals surface area contributed by atoms with Gasteiger partial charge in [-0.25, -0.2) is 0 Å². The number of likely N-dealkylation sites (tertiary alicyclic amines) is 1. The number of hydrogen-bond acceptors (Lipinski definition) is 3. The van der Waals surface area contributed by atoms with E-state index in [4.69, 9.17) is 0 Å². The van der Waals surface area contributed by atoms with Crippen LogP contribution in [-0.4, -0.2) is 47.9 Å². The molecule has 2 aromatic rings. The summed E-state index contributed by atoms with van der Waals surface area (Å²) in [5.41, 5.74) is 2.19. The maximum Gasteiger partial charge on any atom is 0.267 e. The molecule has 25 heavy (non-hydrogen) atoms. The Balaban J connectivity index is 1.41. The minimum Gasteiger partial charge on any atom is -0.354 e. The molecule has 2 fully saturated rings. The van der Waals surface area contributed by atoms with E-state index in [9.17, 15) is 9.59 Å². The first kappa shape index (κ1) is 16.1. The molecule has 1 aromatic carbocycles. The lowest BCUT2D eigenvalue weighted by atomic mass is 9.95. The van der Waals surface area contributed by atoms with Crippen LogP contribution in [0, 0.1) is 5.92 Å². The number of benzene rings is 1. The van der Waals surface area contributed by atoms with Gasteiger partial charge in [0, 0.05) is 35.6 Å². The van der Waals surface area contributed by atoms with E-state index in [1.165, 1.54) is 12.8 Å². The molecule has 1 saturated heterocycles. The normalized spacial score (nSPS) is 19.1. The summed E-state index contributed by atoms with van der Waals surface area (Å²) in [7, 11) is 1.61. The number of piperidine rings is 1. The molecule has 4 rings (SSSR count). The van der Waals surface area contributed by atoms with Crippen LogP contribution in [0.15, 0.2) is 24.3 Å². The van der Waals surface area contributed by atoms with Crippen LogP contribution in [0.3, 0.4) is 0 Å². The highest BCUT2D eigenvalue weighted by atomic mass is 16.2. The molecule has 0 atom stereocenters. The molecule has 0 unspecified atom stereocenters. The highest BCUT2D eigenvalue weighted by Crippen LogP contribution is 2.31. The number of hydrogen-bond donors (Lipinski definition) is 3. The molecule has 0 bridgehead atoms. The van der Waals surface area contributed by atoms with Crippen molar-refractivity contribution in [2.45, 2.75) is 31.7 Å². The fourth-order valence-corrected chi connectivity index (χ4v) is 3.68. The van der Waals surface area contributed by atoms with Crippen LogP contribution >= 0.6 is 0 Å². The Morgan fingerprint density at radius 3 is 2.56 bits per heavy atom. The molecule has 132 valence electrons. The van der Waals surface area contributed by atoms with E-state index in [0.717, 1.165) is 48.6 Å². The number of aromatic nitrogens is 1. The number of aromatic amines is 1. The van der Waals surface area contributed by atoms with Gasteiger partial charge in [-0.15, -0.1) is 0 Å². The molecular weight excluding hydrogens is 316 g/mol. The molecule has 6 heteroatoms. The van der Waals surface area contributed by atoms with Gasteiger partial charge in [-0.1, -0.05) is 0 Å². The Morgan fingerprint density at radius 1 is 1.12 bits per heavy atom. The zero-order chi connectivity index (χ0) is 17.4. The first-order chi connectivity index (χ1) is 12.1. The third-order valence-electron chi connectivity index (χ3n) is 5.32. The summed E-state index contributed by atoms with van der Waals surface area (Å²) in [5.74, 6) is 0.0550. The monoisotopic (exact) mass is 340 g/mol. The minimum atomic E-state index is -0.149. The Bertz CT molecular complexity index is 801. The number of carbonyl (C=O) groups is 2. The van der Waals surface area contributed by atoms with E-state index in [0.29, 0.717) is 5.69 Å². The van der Waals surface area contributed by atoms with Gasteiger partial charge in [0.05, 0.1) is 0 Å². The van der Waals surface area contributed by atoms with Crippen molar-refractivity contribution in [3.63, 3.8) is 0 Å². The second-order valence-corrected chi connectivity index (χ2v) is 7.09. The van der Waals surface area contributed by atoms with Crippen LogP contribution in [-0.2, 0) is 4.79 Å². The van der Waals surface area contributed by atoms with Crippen molar-refractivity contribution < 1.29 is 9.59 Å². The first-order valence-corrected chi connectivity index (χ1v) is 9.04. The second kappa shape index (κ2) is 6.52. The van der Waals surface area contributed by atoms with Gasteiger partial charge >= 0.3 is 0 Å². The summed E-state index contributed by atoms with van der Waals surface area (Å²) in [5, 5.41) is 6.56. The highest BCUT2D eigenvalue weighted by molar-refractivity contribution is 6.00. The second-order valence-electron chi connectivity index (χ2n) is 7.09. The molecule has 1 aromatic heterocycles. The number of amides is 2. The average molecular weight is 340 g/mol. The Kier molecular flexibility index (Phi) is 4.21. The van der Waals surface area contributed by atoms with E-state index in [-0.39, 0.29) is 17.7 Å². The van der Waals surface area contributed by atoms with Crippen LogP contribution in [0.1, 0.15) is 36.2 Å². The van der Waals surface area contributed by atoms with Gasteiger partial charge in [0.2, 0.25) is 5.91 Å². The third kappa shape index (κ3) is 3.39. The predicted octanol–water partition coefficient (Wildman–Crippen LogP) is 2.34. The molecule has 1 aliphatic carbocycles. The summed E-state index contributed by atoms with van der Waals surface area (Å²) in [6.07, 6.45) is 4.53. The van der Waals surface area contributed by atoms with Crippen molar-refractivity contribution in [3.8, 4) is 0 Å². The molecule has 0 radical (unpaired) electrons. The molecule has 2 aliphatic rings. The van der Waals surface area contributed by atoms with Gasteiger partial charge < -0.3 is 20.5 Å². The van der Waals surface area contributed by atoms with E-state index in [1.54, 1.807) is 13.1 Å². The molecule has 6 nitrogen and oxygen atoms in total. The number of fused-ring (bicyclic) bond motifs is 1. The fourth-order valence-electron chi connectivity index (χ4n) is 3.68. The first-order valence-electron chi connectivity index (χ1n) is 9.04. The SMILES string of the molecule is CNC(=O)c1cc2cc(NC(=O)C3CCN(C4CC4)CC3)ccc2[nH]1. The van der Waals surface area contributed by atoms with Crippen LogP contribution in [0.25, 0.3) is 10.9 Å². The Hall–Kier alpha value is -2.34. The molecule has 0 spiro atoms. The number of nitrogens with one attached hydrogen (secondary N) is 3. The van der Waals surface area contributed by atoms with Crippen molar-refractivity contribution >= 4 is 28.4 Å². The van der Waals surface area contributed by atoms with Crippen LogP contribution in [0.5, 0.6) is 0 Å². The van der Waals surface area contributed by atoms with E-state index >= 15 is 0 Å². The summed E-state index contributed by atoms with van der Waals surface area (Å²) in [6, 6.07) is 8.28. The van der Waals surface area contributed by atoms with Crippen LogP contribution in [0.2, 0.25) is 0 Å². The van der Waals surface area contributed by atoms with Crippen LogP contribution < -0.4 is 10.6 Å². The largest absolute Gasteiger partial charge is 0.354 e. The van der Waals surface area contributed by atoms with E-state index < -0.39 is 0 Å². The molecule has 1 aliphatic heterocycles. The quantitative estimate of drug-likeness (QED) is 0.799. The summed E-state index contributed by atoms with van der Waals surface area (Å²) >= 11 is 0. The third-order valence-corrected chi connectivity index (χ3v) is 5.32.